The molecule has 0 aromatic heterocycles. The maximum Gasteiger partial charge on any atom is 0.344 e. The van der Waals surface area contributed by atoms with Crippen molar-refractivity contribution >= 4 is 17.9 Å². The summed E-state index contributed by atoms with van der Waals surface area (Å²) in [6, 6.07) is 7.55. The Morgan fingerprint density at radius 3 is 2.62 bits per heavy atom. The van der Waals surface area contributed by atoms with Crippen LogP contribution >= 0.6 is 0 Å². The number of carbonyl (C=O) groups excluding carboxylic acids is 3. The molecule has 12 nitrogen and oxygen atoms in total. The van der Waals surface area contributed by atoms with Crippen molar-refractivity contribution < 1.29 is 34.1 Å². The summed E-state index contributed by atoms with van der Waals surface area (Å²) in [5.74, 6) is -1.04. The van der Waals surface area contributed by atoms with Crippen LogP contribution in [-0.2, 0) is 14.3 Å². The van der Waals surface area contributed by atoms with Gasteiger partial charge in [0.05, 0.1) is 18.3 Å². The van der Waals surface area contributed by atoms with Gasteiger partial charge in [-0.2, -0.15) is 0 Å². The van der Waals surface area contributed by atoms with E-state index in [4.69, 9.17) is 15.2 Å². The number of nitrogens with one attached hydrogen (secondary N) is 3. The minimum Gasteiger partial charge on any atom is -0.459 e. The average Bonchev–Trinajstić information content (AvgIpc) is 2.99. The van der Waals surface area contributed by atoms with Crippen LogP contribution in [0.3, 0.4) is 0 Å². The summed E-state index contributed by atoms with van der Waals surface area (Å²) in [4.78, 5) is 35.0. The number of benzene rings is 1. The van der Waals surface area contributed by atoms with E-state index in [0.29, 0.717) is 5.56 Å². The second kappa shape index (κ2) is 8.77. The van der Waals surface area contributed by atoms with Crippen molar-refractivity contribution in [3.63, 3.8) is 0 Å². The molecule has 3 amide bonds. The van der Waals surface area contributed by atoms with E-state index in [2.05, 4.69) is 16.1 Å². The van der Waals surface area contributed by atoms with Crippen LogP contribution in [0.1, 0.15) is 10.4 Å². The van der Waals surface area contributed by atoms with E-state index in [1.165, 1.54) is 6.20 Å². The van der Waals surface area contributed by atoms with Gasteiger partial charge in [-0.05, 0) is 12.1 Å². The third kappa shape index (κ3) is 4.74. The lowest BCUT2D eigenvalue weighted by atomic mass is 10.1. The second-order valence-electron chi connectivity index (χ2n) is 6.32. The van der Waals surface area contributed by atoms with E-state index in [1.54, 1.807) is 30.3 Å². The fraction of sp³-hybridized carbons (Fsp3) is 0.353. The highest BCUT2D eigenvalue weighted by Gasteiger charge is 2.48. The summed E-state index contributed by atoms with van der Waals surface area (Å²) >= 11 is 0. The molecule has 0 radical (unpaired) electrons. The summed E-state index contributed by atoms with van der Waals surface area (Å²) in [6.07, 6.45) is -3.83. The van der Waals surface area contributed by atoms with Gasteiger partial charge in [-0.1, -0.05) is 18.2 Å². The number of hydrazine groups is 1. The zero-order valence-corrected chi connectivity index (χ0v) is 15.1. The first-order chi connectivity index (χ1) is 13.9. The number of hydrogen-bond donors (Lipinski definition) is 6. The van der Waals surface area contributed by atoms with Crippen LogP contribution in [0.5, 0.6) is 0 Å². The zero-order chi connectivity index (χ0) is 21.0. The lowest BCUT2D eigenvalue weighted by molar-refractivity contribution is -0.117. The number of primary amides is 1. The highest BCUT2D eigenvalue weighted by atomic mass is 16.6. The maximum atomic E-state index is 12.2. The van der Waals surface area contributed by atoms with Gasteiger partial charge in [0.15, 0.2) is 6.23 Å². The highest BCUT2D eigenvalue weighted by Crippen LogP contribution is 2.24. The van der Waals surface area contributed by atoms with E-state index < -0.39 is 42.4 Å². The molecule has 1 aromatic rings. The largest absolute Gasteiger partial charge is 0.459 e. The number of rotatable bonds is 7. The minimum absolute atomic E-state index is 0.187. The van der Waals surface area contributed by atoms with Gasteiger partial charge in [0.25, 0.3) is 0 Å². The molecule has 0 aliphatic carbocycles. The van der Waals surface area contributed by atoms with E-state index in [1.807, 2.05) is 0 Å². The normalized spacial score (nSPS) is 26.2. The molecule has 1 saturated heterocycles. The summed E-state index contributed by atoms with van der Waals surface area (Å²) in [7, 11) is 0. The summed E-state index contributed by atoms with van der Waals surface area (Å²) in [5, 5.41) is 26.4. The first kappa shape index (κ1) is 20.4. The Bertz CT molecular complexity index is 803. The van der Waals surface area contributed by atoms with Crippen LogP contribution in [0.2, 0.25) is 0 Å². The standard InChI is InChI=1S/C17H21N5O7/c18-11(23)6-19-12-7-20-22(17(27)21-12)15-14(25)13(24)10(29-15)8-28-16(26)9-4-2-1-3-5-9/h1-5,7,10,13-15,19-20,24-25H,6,8H2,(H2,18,23)(H,21,27). The van der Waals surface area contributed by atoms with E-state index in [9.17, 15) is 24.6 Å². The van der Waals surface area contributed by atoms with E-state index >= 15 is 0 Å². The molecule has 0 saturated carbocycles. The van der Waals surface area contributed by atoms with Gasteiger partial charge in [0.2, 0.25) is 5.91 Å². The minimum atomic E-state index is -1.46. The Morgan fingerprint density at radius 2 is 1.97 bits per heavy atom. The molecule has 2 aliphatic rings. The lowest BCUT2D eigenvalue weighted by Gasteiger charge is -2.33. The average molecular weight is 407 g/mol. The van der Waals surface area contributed by atoms with Gasteiger partial charge in [-0.15, -0.1) is 0 Å². The predicted molar refractivity (Wildman–Crippen MR) is 96.2 cm³/mol. The van der Waals surface area contributed by atoms with Gasteiger partial charge >= 0.3 is 12.0 Å². The molecular formula is C17H21N5O7. The van der Waals surface area contributed by atoms with Crippen molar-refractivity contribution in [1.29, 1.82) is 0 Å². The molecule has 2 heterocycles. The third-order valence-electron chi connectivity index (χ3n) is 4.24. The van der Waals surface area contributed by atoms with Crippen molar-refractivity contribution in [3.05, 3.63) is 47.9 Å². The van der Waals surface area contributed by atoms with Crippen molar-refractivity contribution in [1.82, 2.24) is 21.1 Å². The predicted octanol–water partition coefficient (Wildman–Crippen LogP) is -2.31. The van der Waals surface area contributed by atoms with Crippen molar-refractivity contribution in [2.45, 2.75) is 24.5 Å². The molecular weight excluding hydrogens is 386 g/mol. The Morgan fingerprint density at radius 1 is 1.24 bits per heavy atom. The van der Waals surface area contributed by atoms with Crippen LogP contribution in [0.15, 0.2) is 42.4 Å². The third-order valence-corrected chi connectivity index (χ3v) is 4.24. The smallest absolute Gasteiger partial charge is 0.344 e. The van der Waals surface area contributed by atoms with Crippen molar-refractivity contribution in [3.8, 4) is 0 Å². The number of aliphatic hydroxyl groups is 2. The Hall–Kier alpha value is -3.35. The number of nitrogens with two attached hydrogens (primary N) is 1. The zero-order valence-electron chi connectivity index (χ0n) is 15.1. The van der Waals surface area contributed by atoms with Gasteiger partial charge < -0.3 is 30.7 Å². The SMILES string of the molecule is NC(=O)CNC1=CNN(C2OC(COC(=O)c3ccccc3)C(O)C2O)C(=O)N1. The van der Waals surface area contributed by atoms with Crippen molar-refractivity contribution in [2.24, 2.45) is 5.73 Å². The molecule has 3 rings (SSSR count). The van der Waals surface area contributed by atoms with Gasteiger partial charge in [0.1, 0.15) is 30.7 Å². The Labute approximate surface area is 165 Å². The molecule has 1 fully saturated rings. The molecule has 1 aromatic carbocycles. The van der Waals surface area contributed by atoms with Crippen LogP contribution in [0.4, 0.5) is 4.79 Å². The molecule has 156 valence electrons. The van der Waals surface area contributed by atoms with Gasteiger partial charge in [-0.3, -0.25) is 15.5 Å². The molecule has 29 heavy (non-hydrogen) atoms. The molecule has 4 atom stereocenters. The van der Waals surface area contributed by atoms with Crippen LogP contribution in [0.25, 0.3) is 0 Å². The topological polar surface area (TPSA) is 175 Å². The second-order valence-corrected chi connectivity index (χ2v) is 6.32. The summed E-state index contributed by atoms with van der Waals surface area (Å²) in [5.41, 5.74) is 7.93. The monoisotopic (exact) mass is 407 g/mol. The molecule has 2 aliphatic heterocycles. The van der Waals surface area contributed by atoms with Crippen LogP contribution in [0, 0.1) is 0 Å². The summed E-state index contributed by atoms with van der Waals surface area (Å²) in [6.45, 7) is -0.511. The molecule has 0 spiro atoms. The quantitative estimate of drug-likeness (QED) is 0.271. The van der Waals surface area contributed by atoms with Crippen LogP contribution in [-0.4, -0.2) is 70.8 Å². The Balaban J connectivity index is 1.57. The maximum absolute atomic E-state index is 12.2. The molecule has 7 N–H and O–H groups in total. The highest BCUT2D eigenvalue weighted by molar-refractivity contribution is 5.89. The Kier molecular flexibility index (Phi) is 6.16. The first-order valence-corrected chi connectivity index (χ1v) is 8.69. The van der Waals surface area contributed by atoms with Gasteiger partial charge in [0, 0.05) is 0 Å². The van der Waals surface area contributed by atoms with E-state index in [-0.39, 0.29) is 19.0 Å². The van der Waals surface area contributed by atoms with Crippen molar-refractivity contribution in [2.75, 3.05) is 13.2 Å². The first-order valence-electron chi connectivity index (χ1n) is 8.69. The fourth-order valence-electron chi connectivity index (χ4n) is 2.77. The number of hydrogen-bond acceptors (Lipinski definition) is 9. The number of amides is 3. The molecule has 12 heteroatoms. The number of esters is 1. The van der Waals surface area contributed by atoms with E-state index in [0.717, 1.165) is 5.01 Å². The molecule has 4 unspecified atom stereocenters. The number of carbonyl (C=O) groups is 3. The van der Waals surface area contributed by atoms with Crippen LogP contribution < -0.4 is 21.8 Å². The fourth-order valence-corrected chi connectivity index (χ4v) is 2.77. The van der Waals surface area contributed by atoms with Gasteiger partial charge in [-0.25, -0.2) is 14.6 Å². The summed E-state index contributed by atoms with van der Waals surface area (Å²) < 4.78 is 10.6. The number of urea groups is 1. The lowest BCUT2D eigenvalue weighted by Crippen LogP contribution is -2.59. The number of aliphatic hydroxyl groups excluding tert-OH is 2. The number of nitrogens with zero attached hydrogens (tertiary/aromatic N) is 1. The molecule has 0 bridgehead atoms. The number of ether oxygens (including phenoxy) is 2.